The fourth-order valence-corrected chi connectivity index (χ4v) is 2.31. The number of carbonyl (C=O) groups is 2. The number of amides is 1. The molecule has 134 valence electrons. The van der Waals surface area contributed by atoms with E-state index >= 15 is 0 Å². The lowest BCUT2D eigenvalue weighted by molar-refractivity contribution is 0.0696. The zero-order chi connectivity index (χ0) is 18.6. The molecule has 1 amide bonds. The first-order valence-corrected chi connectivity index (χ1v) is 7.96. The van der Waals surface area contributed by atoms with Crippen LogP contribution in [0.4, 0.5) is 0 Å². The van der Waals surface area contributed by atoms with Crippen LogP contribution in [0.3, 0.4) is 0 Å². The van der Waals surface area contributed by atoms with Crippen LogP contribution in [-0.2, 0) is 11.8 Å². The molecule has 0 radical (unpaired) electrons. The Kier molecular flexibility index (Phi) is 5.46. The van der Waals surface area contributed by atoms with Gasteiger partial charge in [0.25, 0.3) is 5.91 Å². The van der Waals surface area contributed by atoms with Crippen molar-refractivity contribution in [2.75, 3.05) is 13.7 Å². The summed E-state index contributed by atoms with van der Waals surface area (Å²) in [5.74, 6) is -0.775. The molecule has 0 fully saturated rings. The summed E-state index contributed by atoms with van der Waals surface area (Å²) in [7, 11) is 1.49. The number of carboxylic acid groups (broad SMARTS) is 1. The number of aromatic nitrogens is 2. The maximum Gasteiger partial charge on any atom is 0.335 e. The van der Waals surface area contributed by atoms with Crippen molar-refractivity contribution in [1.29, 1.82) is 0 Å². The van der Waals surface area contributed by atoms with Crippen molar-refractivity contribution in [2.45, 2.75) is 32.6 Å². The second kappa shape index (κ2) is 7.38. The Morgan fingerprint density at radius 1 is 1.28 bits per heavy atom. The number of nitrogens with one attached hydrogen (secondary N) is 2. The molecule has 0 unspecified atom stereocenters. The van der Waals surface area contributed by atoms with Gasteiger partial charge in [0.05, 0.1) is 12.7 Å². The first-order valence-electron chi connectivity index (χ1n) is 7.96. The van der Waals surface area contributed by atoms with Gasteiger partial charge in [-0.3, -0.25) is 9.89 Å². The third-order valence-electron chi connectivity index (χ3n) is 3.83. The van der Waals surface area contributed by atoms with Crippen molar-refractivity contribution < 1.29 is 19.4 Å². The number of benzene rings is 1. The van der Waals surface area contributed by atoms with Crippen LogP contribution < -0.4 is 10.1 Å². The first-order chi connectivity index (χ1) is 11.7. The normalized spacial score (nSPS) is 11.2. The quantitative estimate of drug-likeness (QED) is 0.746. The van der Waals surface area contributed by atoms with Crippen molar-refractivity contribution in [3.63, 3.8) is 0 Å². The van der Waals surface area contributed by atoms with Crippen LogP contribution in [0.1, 0.15) is 52.9 Å². The highest BCUT2D eigenvalue weighted by atomic mass is 16.5. The zero-order valence-corrected chi connectivity index (χ0v) is 14.8. The van der Waals surface area contributed by atoms with Gasteiger partial charge in [0.1, 0.15) is 11.4 Å². The number of hydrogen-bond donors (Lipinski definition) is 3. The van der Waals surface area contributed by atoms with E-state index in [2.05, 4.69) is 15.5 Å². The van der Waals surface area contributed by atoms with Gasteiger partial charge in [-0.15, -0.1) is 0 Å². The Morgan fingerprint density at radius 3 is 2.56 bits per heavy atom. The number of aromatic carboxylic acids is 1. The van der Waals surface area contributed by atoms with Crippen molar-refractivity contribution in [1.82, 2.24) is 15.5 Å². The summed E-state index contributed by atoms with van der Waals surface area (Å²) in [6.07, 6.45) is 0.519. The summed E-state index contributed by atoms with van der Waals surface area (Å²) in [5.41, 5.74) is 2.12. The Hall–Kier alpha value is -2.83. The number of carbonyl (C=O) groups excluding carboxylic acids is 1. The first kappa shape index (κ1) is 18.5. The predicted octanol–water partition coefficient (Wildman–Crippen LogP) is 2.39. The van der Waals surface area contributed by atoms with Gasteiger partial charge in [-0.2, -0.15) is 5.10 Å². The molecule has 1 aromatic carbocycles. The van der Waals surface area contributed by atoms with Gasteiger partial charge < -0.3 is 15.2 Å². The molecule has 1 heterocycles. The number of ether oxygens (including phenoxy) is 1. The SMILES string of the molecule is COc1cc(C(=O)O)ccc1CCNC(=O)c1cc(C(C)(C)C)[nH]n1. The van der Waals surface area contributed by atoms with E-state index in [1.165, 1.54) is 19.2 Å². The van der Waals surface area contributed by atoms with E-state index in [9.17, 15) is 9.59 Å². The van der Waals surface area contributed by atoms with E-state index in [4.69, 9.17) is 9.84 Å². The smallest absolute Gasteiger partial charge is 0.335 e. The van der Waals surface area contributed by atoms with E-state index in [0.29, 0.717) is 24.4 Å². The second-order valence-electron chi connectivity index (χ2n) is 6.75. The fraction of sp³-hybridized carbons (Fsp3) is 0.389. The van der Waals surface area contributed by atoms with Crippen molar-refractivity contribution in [3.8, 4) is 5.75 Å². The van der Waals surface area contributed by atoms with Gasteiger partial charge in [-0.25, -0.2) is 4.79 Å². The van der Waals surface area contributed by atoms with Gasteiger partial charge >= 0.3 is 5.97 Å². The zero-order valence-electron chi connectivity index (χ0n) is 14.8. The molecular weight excluding hydrogens is 322 g/mol. The van der Waals surface area contributed by atoms with Crippen LogP contribution in [0.25, 0.3) is 0 Å². The van der Waals surface area contributed by atoms with Gasteiger partial charge in [-0.1, -0.05) is 26.8 Å². The minimum Gasteiger partial charge on any atom is -0.496 e. The van der Waals surface area contributed by atoms with Crippen molar-refractivity contribution in [2.24, 2.45) is 0 Å². The van der Waals surface area contributed by atoms with E-state index in [1.54, 1.807) is 12.1 Å². The molecule has 0 saturated heterocycles. The summed E-state index contributed by atoms with van der Waals surface area (Å²) in [4.78, 5) is 23.2. The summed E-state index contributed by atoms with van der Waals surface area (Å²) in [6.45, 7) is 6.50. The van der Waals surface area contributed by atoms with Crippen LogP contribution in [0.2, 0.25) is 0 Å². The van der Waals surface area contributed by atoms with Crippen molar-refractivity contribution >= 4 is 11.9 Å². The molecule has 25 heavy (non-hydrogen) atoms. The molecule has 2 aromatic rings. The number of nitrogens with zero attached hydrogens (tertiary/aromatic N) is 1. The number of H-pyrrole nitrogens is 1. The summed E-state index contributed by atoms with van der Waals surface area (Å²) >= 11 is 0. The van der Waals surface area contributed by atoms with Gasteiger partial charge in [0, 0.05) is 17.7 Å². The molecule has 7 nitrogen and oxygen atoms in total. The van der Waals surface area contributed by atoms with Crippen LogP contribution in [0.15, 0.2) is 24.3 Å². The third-order valence-corrected chi connectivity index (χ3v) is 3.83. The van der Waals surface area contributed by atoms with Crippen LogP contribution in [-0.4, -0.2) is 40.8 Å². The van der Waals surface area contributed by atoms with E-state index in [0.717, 1.165) is 11.3 Å². The van der Waals surface area contributed by atoms with E-state index < -0.39 is 5.97 Å². The Bertz CT molecular complexity index is 775. The maximum atomic E-state index is 12.2. The molecule has 3 N–H and O–H groups in total. The lowest BCUT2D eigenvalue weighted by atomic mass is 9.92. The van der Waals surface area contributed by atoms with Crippen molar-refractivity contribution in [3.05, 3.63) is 46.8 Å². The number of rotatable bonds is 6. The maximum absolute atomic E-state index is 12.2. The fourth-order valence-electron chi connectivity index (χ4n) is 2.31. The summed E-state index contributed by atoms with van der Waals surface area (Å²) in [6, 6.07) is 6.44. The number of aromatic amines is 1. The highest BCUT2D eigenvalue weighted by molar-refractivity contribution is 5.92. The van der Waals surface area contributed by atoms with Crippen LogP contribution in [0.5, 0.6) is 5.75 Å². The number of carboxylic acids is 1. The molecule has 2 rings (SSSR count). The molecule has 0 bridgehead atoms. The van der Waals surface area contributed by atoms with Gasteiger partial charge in [0.15, 0.2) is 0 Å². The monoisotopic (exact) mass is 345 g/mol. The Balaban J connectivity index is 1.97. The average Bonchev–Trinajstić information content (AvgIpc) is 3.05. The molecular formula is C18H23N3O4. The van der Waals surface area contributed by atoms with E-state index in [-0.39, 0.29) is 16.9 Å². The van der Waals surface area contributed by atoms with Gasteiger partial charge in [0.2, 0.25) is 0 Å². The lowest BCUT2D eigenvalue weighted by Crippen LogP contribution is -2.26. The summed E-state index contributed by atoms with van der Waals surface area (Å²) in [5, 5.41) is 18.7. The largest absolute Gasteiger partial charge is 0.496 e. The average molecular weight is 345 g/mol. The van der Waals surface area contributed by atoms with Crippen LogP contribution in [0, 0.1) is 0 Å². The molecule has 0 atom stereocenters. The predicted molar refractivity (Wildman–Crippen MR) is 93.3 cm³/mol. The number of methoxy groups -OCH3 is 1. The Morgan fingerprint density at radius 2 is 2.00 bits per heavy atom. The minimum absolute atomic E-state index is 0.106. The number of hydrogen-bond acceptors (Lipinski definition) is 4. The van der Waals surface area contributed by atoms with Gasteiger partial charge in [-0.05, 0) is 30.2 Å². The highest BCUT2D eigenvalue weighted by Crippen LogP contribution is 2.21. The highest BCUT2D eigenvalue weighted by Gasteiger charge is 2.19. The molecule has 0 aliphatic rings. The minimum atomic E-state index is -1.01. The molecule has 0 aliphatic carbocycles. The second-order valence-corrected chi connectivity index (χ2v) is 6.75. The third kappa shape index (κ3) is 4.59. The topological polar surface area (TPSA) is 104 Å². The molecule has 0 saturated carbocycles. The molecule has 7 heteroatoms. The molecule has 0 aliphatic heterocycles. The van der Waals surface area contributed by atoms with Crippen LogP contribution >= 0.6 is 0 Å². The van der Waals surface area contributed by atoms with E-state index in [1.807, 2.05) is 20.8 Å². The molecule has 0 spiro atoms. The standard InChI is InChI=1S/C18H23N3O4/c1-18(2,3)15-10-13(20-21-15)16(22)19-8-7-11-5-6-12(17(23)24)9-14(11)25-4/h5-6,9-10H,7-8H2,1-4H3,(H,19,22)(H,20,21)(H,23,24). The summed E-state index contributed by atoms with van der Waals surface area (Å²) < 4.78 is 5.23. The Labute approximate surface area is 146 Å². The molecule has 1 aromatic heterocycles. The lowest BCUT2D eigenvalue weighted by Gasteiger charge is -2.14.